The summed E-state index contributed by atoms with van der Waals surface area (Å²) in [6.45, 7) is 3.68. The van der Waals surface area contributed by atoms with Gasteiger partial charge in [-0.25, -0.2) is 4.39 Å². The maximum atomic E-state index is 13.6. The smallest absolute Gasteiger partial charge is 0.263 e. The Morgan fingerprint density at radius 3 is 2.09 bits per heavy atom. The molecule has 3 aromatic carbocycles. The number of halogens is 1. The lowest BCUT2D eigenvalue weighted by Gasteiger charge is -2.33. The van der Waals surface area contributed by atoms with Gasteiger partial charge in [0.25, 0.3) is 5.91 Å². The average Bonchev–Trinajstić information content (AvgIpc) is 3.28. The van der Waals surface area contributed by atoms with E-state index in [0.29, 0.717) is 35.4 Å². The molecule has 0 spiro atoms. The quantitative estimate of drug-likeness (QED) is 0.601. The SMILES string of the molecule is CN(CC1[C@H]2CN(Cc3ccccc3)C[C@@H]12)C(=O)[C@](O)(c1ccccc1)c1ccc(F)cc1. The van der Waals surface area contributed by atoms with E-state index in [-0.39, 0.29) is 5.91 Å². The number of hydrogen-bond donors (Lipinski definition) is 1. The van der Waals surface area contributed by atoms with E-state index in [9.17, 15) is 14.3 Å². The number of nitrogens with zero attached hydrogens (tertiary/aromatic N) is 2. The minimum Gasteiger partial charge on any atom is -0.372 e. The third-order valence-electron chi connectivity index (χ3n) is 7.29. The van der Waals surface area contributed by atoms with Gasteiger partial charge in [0, 0.05) is 33.2 Å². The lowest BCUT2D eigenvalue weighted by molar-refractivity contribution is -0.147. The molecule has 1 saturated heterocycles. The highest BCUT2D eigenvalue weighted by Crippen LogP contribution is 2.52. The minimum atomic E-state index is -1.85. The van der Waals surface area contributed by atoms with Crippen molar-refractivity contribution in [3.05, 3.63) is 107 Å². The number of benzene rings is 3. The van der Waals surface area contributed by atoms with E-state index >= 15 is 0 Å². The predicted octanol–water partition coefficient (Wildman–Crippen LogP) is 3.90. The van der Waals surface area contributed by atoms with Gasteiger partial charge in [-0.1, -0.05) is 72.8 Å². The number of rotatable bonds is 7. The number of piperidine rings is 1. The predicted molar refractivity (Wildman–Crippen MR) is 126 cm³/mol. The summed E-state index contributed by atoms with van der Waals surface area (Å²) in [5, 5.41) is 11.7. The van der Waals surface area contributed by atoms with Crippen molar-refractivity contribution in [1.82, 2.24) is 9.80 Å². The first-order chi connectivity index (χ1) is 16.0. The molecule has 33 heavy (non-hydrogen) atoms. The van der Waals surface area contributed by atoms with Gasteiger partial charge in [-0.15, -0.1) is 0 Å². The van der Waals surface area contributed by atoms with Crippen molar-refractivity contribution >= 4 is 5.91 Å². The molecule has 1 N–H and O–H groups in total. The number of hydrogen-bond acceptors (Lipinski definition) is 3. The summed E-state index contributed by atoms with van der Waals surface area (Å²) in [5.41, 5.74) is 0.331. The van der Waals surface area contributed by atoms with Gasteiger partial charge in [0.15, 0.2) is 5.60 Å². The molecule has 2 aliphatic rings. The first-order valence-corrected chi connectivity index (χ1v) is 11.5. The molecule has 1 saturated carbocycles. The molecular weight excluding hydrogens is 415 g/mol. The lowest BCUT2D eigenvalue weighted by Crippen LogP contribution is -2.47. The number of fused-ring (bicyclic) bond motifs is 1. The van der Waals surface area contributed by atoms with E-state index < -0.39 is 11.4 Å². The van der Waals surface area contributed by atoms with Gasteiger partial charge in [-0.05, 0) is 46.6 Å². The molecule has 2 fully saturated rings. The molecule has 0 radical (unpaired) electrons. The summed E-state index contributed by atoms with van der Waals surface area (Å²) in [7, 11) is 1.76. The van der Waals surface area contributed by atoms with Crippen molar-refractivity contribution in [2.45, 2.75) is 12.1 Å². The number of carbonyl (C=O) groups excluding carboxylic acids is 1. The third-order valence-corrected chi connectivity index (χ3v) is 7.29. The average molecular weight is 445 g/mol. The van der Waals surface area contributed by atoms with Crippen molar-refractivity contribution in [3.63, 3.8) is 0 Å². The molecule has 4 nitrogen and oxygen atoms in total. The number of amides is 1. The van der Waals surface area contributed by atoms with Crippen LogP contribution in [0.15, 0.2) is 84.9 Å². The zero-order valence-corrected chi connectivity index (χ0v) is 18.8. The Morgan fingerprint density at radius 2 is 1.48 bits per heavy atom. The molecule has 5 heteroatoms. The maximum absolute atomic E-state index is 13.6. The molecule has 1 amide bonds. The van der Waals surface area contributed by atoms with Crippen LogP contribution in [0.4, 0.5) is 4.39 Å². The van der Waals surface area contributed by atoms with Gasteiger partial charge in [0.2, 0.25) is 0 Å². The number of carbonyl (C=O) groups is 1. The Bertz CT molecular complexity index is 1090. The molecular formula is C28H29FN2O2. The van der Waals surface area contributed by atoms with Gasteiger partial charge < -0.3 is 10.0 Å². The van der Waals surface area contributed by atoms with E-state index in [1.807, 2.05) is 12.1 Å². The van der Waals surface area contributed by atoms with Crippen molar-refractivity contribution in [2.24, 2.45) is 17.8 Å². The summed E-state index contributed by atoms with van der Waals surface area (Å²) in [6.07, 6.45) is 0. The fraction of sp³-hybridized carbons (Fsp3) is 0.321. The van der Waals surface area contributed by atoms with Crippen molar-refractivity contribution in [3.8, 4) is 0 Å². The second kappa shape index (κ2) is 8.73. The van der Waals surface area contributed by atoms with Crippen LogP contribution in [0.3, 0.4) is 0 Å². The van der Waals surface area contributed by atoms with Crippen LogP contribution < -0.4 is 0 Å². The van der Waals surface area contributed by atoms with Crippen molar-refractivity contribution < 1.29 is 14.3 Å². The molecule has 0 bridgehead atoms. The lowest BCUT2D eigenvalue weighted by atomic mass is 9.85. The summed E-state index contributed by atoms with van der Waals surface area (Å²) in [4.78, 5) is 17.8. The van der Waals surface area contributed by atoms with Crippen LogP contribution >= 0.6 is 0 Å². The number of likely N-dealkylation sites (tertiary alicyclic amines) is 1. The van der Waals surface area contributed by atoms with Gasteiger partial charge in [-0.3, -0.25) is 9.69 Å². The van der Waals surface area contributed by atoms with Gasteiger partial charge in [0.05, 0.1) is 0 Å². The Hall–Kier alpha value is -3.02. The Balaban J connectivity index is 1.27. The second-order valence-corrected chi connectivity index (χ2v) is 9.44. The van der Waals surface area contributed by atoms with Crippen LogP contribution in [-0.2, 0) is 16.9 Å². The standard InChI is InChI=1S/C28H29FN2O2/c1-30(17-24-25-18-31(19-26(24)25)16-20-8-4-2-5-9-20)27(32)28(33,21-10-6-3-7-11-21)22-12-14-23(29)15-13-22/h2-15,24-26,33H,16-19H2,1H3/t24?,25-,26+,28-/m0/s1. The zero-order chi connectivity index (χ0) is 23.0. The summed E-state index contributed by atoms with van der Waals surface area (Å²) < 4.78 is 13.5. The van der Waals surface area contributed by atoms with Crippen LogP contribution in [0.1, 0.15) is 16.7 Å². The largest absolute Gasteiger partial charge is 0.372 e. The van der Waals surface area contributed by atoms with Crippen LogP contribution in [0.25, 0.3) is 0 Å². The normalized spacial score (nSPS) is 23.5. The van der Waals surface area contributed by atoms with Crippen molar-refractivity contribution in [2.75, 3.05) is 26.7 Å². The topological polar surface area (TPSA) is 43.8 Å². The fourth-order valence-corrected chi connectivity index (χ4v) is 5.44. The van der Waals surface area contributed by atoms with E-state index in [1.165, 1.54) is 29.8 Å². The molecule has 170 valence electrons. The van der Waals surface area contributed by atoms with E-state index in [2.05, 4.69) is 29.2 Å². The van der Waals surface area contributed by atoms with Crippen LogP contribution in [-0.4, -0.2) is 47.5 Å². The third kappa shape index (κ3) is 4.19. The summed E-state index contributed by atoms with van der Waals surface area (Å²) in [6, 6.07) is 25.0. The molecule has 1 aliphatic heterocycles. The van der Waals surface area contributed by atoms with Gasteiger partial charge in [-0.2, -0.15) is 0 Å². The second-order valence-electron chi connectivity index (χ2n) is 9.44. The molecule has 1 aliphatic carbocycles. The van der Waals surface area contributed by atoms with Crippen LogP contribution in [0, 0.1) is 23.6 Å². The van der Waals surface area contributed by atoms with E-state index in [0.717, 1.165) is 19.6 Å². The number of likely N-dealkylation sites (N-methyl/N-ethyl adjacent to an activating group) is 1. The Morgan fingerprint density at radius 1 is 0.939 bits per heavy atom. The van der Waals surface area contributed by atoms with Gasteiger partial charge >= 0.3 is 0 Å². The maximum Gasteiger partial charge on any atom is 0.263 e. The van der Waals surface area contributed by atoms with E-state index in [4.69, 9.17) is 0 Å². The fourth-order valence-electron chi connectivity index (χ4n) is 5.44. The molecule has 3 aromatic rings. The Labute approximate surface area is 194 Å². The molecule has 1 heterocycles. The molecule has 5 rings (SSSR count). The van der Waals surface area contributed by atoms with Gasteiger partial charge in [0.1, 0.15) is 5.82 Å². The van der Waals surface area contributed by atoms with Crippen molar-refractivity contribution in [1.29, 1.82) is 0 Å². The van der Waals surface area contributed by atoms with E-state index in [1.54, 1.807) is 36.2 Å². The first kappa shape index (κ1) is 21.8. The highest BCUT2D eigenvalue weighted by atomic mass is 19.1. The minimum absolute atomic E-state index is 0.372. The molecule has 4 atom stereocenters. The monoisotopic (exact) mass is 444 g/mol. The first-order valence-electron chi connectivity index (χ1n) is 11.5. The van der Waals surface area contributed by atoms with Crippen LogP contribution in [0.5, 0.6) is 0 Å². The zero-order valence-electron chi connectivity index (χ0n) is 18.8. The molecule has 0 aromatic heterocycles. The number of aliphatic hydroxyl groups is 1. The highest BCUT2D eigenvalue weighted by molar-refractivity contribution is 5.90. The Kier molecular flexibility index (Phi) is 5.77. The summed E-state index contributed by atoms with van der Waals surface area (Å²) >= 11 is 0. The summed E-state index contributed by atoms with van der Waals surface area (Å²) in [5.74, 6) is 0.866. The molecule has 1 unspecified atom stereocenters. The highest BCUT2D eigenvalue weighted by Gasteiger charge is 2.56. The van der Waals surface area contributed by atoms with Crippen LogP contribution in [0.2, 0.25) is 0 Å².